The van der Waals surface area contributed by atoms with E-state index in [1.807, 2.05) is 30.3 Å². The summed E-state index contributed by atoms with van der Waals surface area (Å²) in [6, 6.07) is 14.4. The summed E-state index contributed by atoms with van der Waals surface area (Å²) in [7, 11) is 0. The third kappa shape index (κ3) is 3.82. The second kappa shape index (κ2) is 7.64. The topological polar surface area (TPSA) is 52.6 Å². The van der Waals surface area contributed by atoms with E-state index in [-0.39, 0.29) is 17.6 Å². The fraction of sp³-hybridized carbons (Fsp3) is 0.435. The molecule has 2 aromatic carbocycles. The number of hydrogen-bond acceptors (Lipinski definition) is 3. The Morgan fingerprint density at radius 1 is 1.25 bits per heavy atom. The van der Waals surface area contributed by atoms with Crippen LogP contribution >= 0.6 is 0 Å². The molecule has 1 aliphatic carbocycles. The molecule has 1 aliphatic heterocycles. The highest BCUT2D eigenvalue weighted by atomic mass is 19.1. The van der Waals surface area contributed by atoms with Crippen LogP contribution in [-0.4, -0.2) is 29.0 Å². The summed E-state index contributed by atoms with van der Waals surface area (Å²) >= 11 is 0. The summed E-state index contributed by atoms with van der Waals surface area (Å²) in [6.45, 7) is 4.08. The summed E-state index contributed by atoms with van der Waals surface area (Å²) in [5, 5.41) is 14.3. The molecule has 0 bridgehead atoms. The van der Waals surface area contributed by atoms with Gasteiger partial charge in [-0.3, -0.25) is 9.69 Å². The lowest BCUT2D eigenvalue weighted by Crippen LogP contribution is -2.42. The number of aliphatic hydroxyl groups is 1. The molecule has 0 unspecified atom stereocenters. The van der Waals surface area contributed by atoms with Crippen LogP contribution in [0.3, 0.4) is 0 Å². The Morgan fingerprint density at radius 2 is 2.04 bits per heavy atom. The van der Waals surface area contributed by atoms with Crippen LogP contribution in [0.15, 0.2) is 48.5 Å². The van der Waals surface area contributed by atoms with E-state index < -0.39 is 5.60 Å². The predicted octanol–water partition coefficient (Wildman–Crippen LogP) is 3.90. The molecule has 0 spiro atoms. The van der Waals surface area contributed by atoms with E-state index in [0.717, 1.165) is 38.2 Å². The molecular weight excluding hydrogens is 355 g/mol. The van der Waals surface area contributed by atoms with Gasteiger partial charge in [0, 0.05) is 38.2 Å². The van der Waals surface area contributed by atoms with Crippen LogP contribution in [0.25, 0.3) is 0 Å². The maximum atomic E-state index is 13.8. The number of nitrogens with one attached hydrogen (secondary N) is 1. The Hall–Kier alpha value is -2.24. The molecule has 4 nitrogen and oxygen atoms in total. The zero-order chi connectivity index (χ0) is 19.7. The average Bonchev–Trinajstić information content (AvgIpc) is 3.07. The number of amides is 1. The first kappa shape index (κ1) is 19.1. The number of anilines is 1. The van der Waals surface area contributed by atoms with Gasteiger partial charge in [-0.15, -0.1) is 0 Å². The lowest BCUT2D eigenvalue weighted by atomic mass is 9.67. The van der Waals surface area contributed by atoms with Crippen LogP contribution in [-0.2, 0) is 16.9 Å². The number of halogens is 1. The molecule has 2 fully saturated rings. The molecule has 2 aliphatic rings. The highest BCUT2D eigenvalue weighted by Gasteiger charge is 2.49. The van der Waals surface area contributed by atoms with Gasteiger partial charge in [0.2, 0.25) is 5.91 Å². The van der Waals surface area contributed by atoms with Gasteiger partial charge in [-0.25, -0.2) is 4.39 Å². The van der Waals surface area contributed by atoms with E-state index in [9.17, 15) is 14.3 Å². The van der Waals surface area contributed by atoms with E-state index in [2.05, 4.69) is 10.2 Å². The Labute approximate surface area is 165 Å². The fourth-order valence-corrected chi connectivity index (χ4v) is 5.01. The summed E-state index contributed by atoms with van der Waals surface area (Å²) < 4.78 is 13.8. The van der Waals surface area contributed by atoms with Crippen molar-refractivity contribution in [3.63, 3.8) is 0 Å². The van der Waals surface area contributed by atoms with Crippen LogP contribution in [0, 0.1) is 17.7 Å². The number of hydrogen-bond donors (Lipinski definition) is 2. The molecule has 1 saturated carbocycles. The van der Waals surface area contributed by atoms with Crippen molar-refractivity contribution in [1.29, 1.82) is 0 Å². The second-order valence-electron chi connectivity index (χ2n) is 8.27. The number of carbonyl (C=O) groups is 1. The molecule has 1 saturated heterocycles. The van der Waals surface area contributed by atoms with E-state index in [1.54, 1.807) is 6.07 Å². The number of carbonyl (C=O) groups excluding carboxylic acids is 1. The van der Waals surface area contributed by atoms with E-state index in [0.29, 0.717) is 17.9 Å². The lowest BCUT2D eigenvalue weighted by molar-refractivity contribution is -0.114. The maximum Gasteiger partial charge on any atom is 0.221 e. The summed E-state index contributed by atoms with van der Waals surface area (Å²) in [6.07, 6.45) is 2.77. The van der Waals surface area contributed by atoms with Crippen molar-refractivity contribution in [2.45, 2.75) is 38.3 Å². The number of likely N-dealkylation sites (tertiary alicyclic amines) is 1. The van der Waals surface area contributed by atoms with Crippen molar-refractivity contribution in [3.05, 3.63) is 65.5 Å². The predicted molar refractivity (Wildman–Crippen MR) is 107 cm³/mol. The highest BCUT2D eigenvalue weighted by Crippen LogP contribution is 2.48. The van der Waals surface area contributed by atoms with Crippen molar-refractivity contribution in [1.82, 2.24) is 4.90 Å². The van der Waals surface area contributed by atoms with Gasteiger partial charge in [0.25, 0.3) is 0 Å². The number of fused-ring (bicyclic) bond motifs is 1. The summed E-state index contributed by atoms with van der Waals surface area (Å²) in [4.78, 5) is 13.5. The van der Waals surface area contributed by atoms with Gasteiger partial charge in [-0.2, -0.15) is 0 Å². The van der Waals surface area contributed by atoms with Gasteiger partial charge < -0.3 is 10.4 Å². The molecule has 2 aromatic rings. The number of benzene rings is 2. The quantitative estimate of drug-likeness (QED) is 0.843. The third-order valence-electron chi connectivity index (χ3n) is 6.27. The Balaban J connectivity index is 1.48. The van der Waals surface area contributed by atoms with E-state index in [4.69, 9.17) is 0 Å². The monoisotopic (exact) mass is 382 g/mol. The molecule has 0 aromatic heterocycles. The number of nitrogens with zero attached hydrogens (tertiary/aromatic N) is 1. The lowest BCUT2D eigenvalue weighted by Gasteiger charge is -2.41. The van der Waals surface area contributed by atoms with Gasteiger partial charge in [0.05, 0.1) is 5.60 Å². The first-order chi connectivity index (χ1) is 13.4. The highest BCUT2D eigenvalue weighted by molar-refractivity contribution is 5.88. The minimum Gasteiger partial charge on any atom is -0.385 e. The minimum atomic E-state index is -0.949. The van der Waals surface area contributed by atoms with Crippen LogP contribution in [0.2, 0.25) is 0 Å². The normalized spacial score (nSPS) is 27.4. The summed E-state index contributed by atoms with van der Waals surface area (Å²) in [5.74, 6) is 0.192. The molecule has 4 rings (SSSR count). The standard InChI is InChI=1S/C23H27FN2O2/c1-16(27)25-21-9-7-17(8-10-21)13-26-14-18-4-3-11-23(28,22(18)15-26)19-5-2-6-20(24)12-19/h2,5-10,12,18,22,28H,3-4,11,13-15H2,1H3,(H,25,27)/t18-,22-,23+/m0/s1. The first-order valence-electron chi connectivity index (χ1n) is 10.0. The van der Waals surface area contributed by atoms with Crippen molar-refractivity contribution in [2.24, 2.45) is 11.8 Å². The van der Waals surface area contributed by atoms with Crippen molar-refractivity contribution in [3.8, 4) is 0 Å². The van der Waals surface area contributed by atoms with E-state index >= 15 is 0 Å². The molecular formula is C23H27FN2O2. The van der Waals surface area contributed by atoms with Crippen molar-refractivity contribution < 1.29 is 14.3 Å². The van der Waals surface area contributed by atoms with Gasteiger partial charge in [-0.05, 0) is 60.6 Å². The molecule has 0 radical (unpaired) electrons. The Morgan fingerprint density at radius 3 is 2.75 bits per heavy atom. The van der Waals surface area contributed by atoms with Gasteiger partial charge in [0.15, 0.2) is 0 Å². The molecule has 148 valence electrons. The van der Waals surface area contributed by atoms with E-state index in [1.165, 1.54) is 24.6 Å². The zero-order valence-electron chi connectivity index (χ0n) is 16.2. The van der Waals surface area contributed by atoms with Crippen molar-refractivity contribution >= 4 is 11.6 Å². The smallest absolute Gasteiger partial charge is 0.221 e. The largest absolute Gasteiger partial charge is 0.385 e. The maximum absolute atomic E-state index is 13.8. The number of rotatable bonds is 4. The second-order valence-corrected chi connectivity index (χ2v) is 8.27. The molecule has 3 atom stereocenters. The van der Waals surface area contributed by atoms with Gasteiger partial charge in [0.1, 0.15) is 5.82 Å². The molecule has 1 heterocycles. The third-order valence-corrected chi connectivity index (χ3v) is 6.27. The fourth-order valence-electron chi connectivity index (χ4n) is 5.01. The first-order valence-corrected chi connectivity index (χ1v) is 10.0. The van der Waals surface area contributed by atoms with Gasteiger partial charge in [-0.1, -0.05) is 24.3 Å². The van der Waals surface area contributed by atoms with Crippen LogP contribution < -0.4 is 5.32 Å². The Bertz CT molecular complexity index is 854. The SMILES string of the molecule is CC(=O)Nc1ccc(CN2C[C@@H]3CCC[C@@](O)(c4cccc(F)c4)[C@H]3C2)cc1. The van der Waals surface area contributed by atoms with Gasteiger partial charge >= 0.3 is 0 Å². The van der Waals surface area contributed by atoms with Crippen LogP contribution in [0.1, 0.15) is 37.3 Å². The zero-order valence-corrected chi connectivity index (χ0v) is 16.2. The molecule has 5 heteroatoms. The summed E-state index contributed by atoms with van der Waals surface area (Å²) in [5.41, 5.74) is 1.74. The van der Waals surface area contributed by atoms with Crippen molar-refractivity contribution in [2.75, 3.05) is 18.4 Å². The average molecular weight is 382 g/mol. The molecule has 1 amide bonds. The Kier molecular flexibility index (Phi) is 5.21. The van der Waals surface area contributed by atoms with Crippen LogP contribution in [0.5, 0.6) is 0 Å². The molecule has 28 heavy (non-hydrogen) atoms. The molecule has 2 N–H and O–H groups in total. The minimum absolute atomic E-state index is 0.0759. The van der Waals surface area contributed by atoms with Crippen LogP contribution in [0.4, 0.5) is 10.1 Å².